The van der Waals surface area contributed by atoms with Gasteiger partial charge in [0.05, 0.1) is 3.57 Å². The molecule has 1 heterocycles. The summed E-state index contributed by atoms with van der Waals surface area (Å²) in [6, 6.07) is 0. The summed E-state index contributed by atoms with van der Waals surface area (Å²) in [6.07, 6.45) is -1.90. The minimum absolute atomic E-state index is 0.102. The quantitative estimate of drug-likeness (QED) is 0.484. The number of nitrogens with zero attached hydrogens (tertiary/aromatic N) is 1. The molecule has 0 atom stereocenters. The highest BCUT2D eigenvalue weighted by Gasteiger charge is 2.22. The molecule has 1 aromatic rings. The molecule has 0 spiro atoms. The highest BCUT2D eigenvalue weighted by molar-refractivity contribution is 14.1. The van der Waals surface area contributed by atoms with Gasteiger partial charge in [0, 0.05) is 20.4 Å². The van der Waals surface area contributed by atoms with Crippen LogP contribution in [-0.2, 0) is 9.05 Å². The standard InChI is InChI=1S/C6H2ClF2I2NO2S/c7-15(13,14)2-1-12-5(6(8)9)4(11)3(2)10/h1,6H. The average molecular weight is 479 g/mol. The molecular weight excluding hydrogens is 477 g/mol. The highest BCUT2D eigenvalue weighted by Crippen LogP contribution is 2.31. The predicted octanol–water partition coefficient (Wildman–Crippen LogP) is 3.16. The molecule has 0 fully saturated rings. The van der Waals surface area contributed by atoms with E-state index in [9.17, 15) is 17.2 Å². The zero-order valence-electron chi connectivity index (χ0n) is 6.72. The van der Waals surface area contributed by atoms with Gasteiger partial charge in [0.25, 0.3) is 15.5 Å². The summed E-state index contributed by atoms with van der Waals surface area (Å²) in [5.74, 6) is 0. The van der Waals surface area contributed by atoms with Gasteiger partial charge in [-0.15, -0.1) is 0 Å². The van der Waals surface area contributed by atoms with Crippen molar-refractivity contribution < 1.29 is 17.2 Å². The van der Waals surface area contributed by atoms with Crippen LogP contribution in [0.25, 0.3) is 0 Å². The fraction of sp³-hybridized carbons (Fsp3) is 0.167. The first-order valence-corrected chi connectivity index (χ1v) is 7.78. The molecule has 3 nitrogen and oxygen atoms in total. The number of hydrogen-bond acceptors (Lipinski definition) is 3. The van der Waals surface area contributed by atoms with Crippen molar-refractivity contribution in [2.45, 2.75) is 11.3 Å². The lowest BCUT2D eigenvalue weighted by atomic mass is 10.4. The first kappa shape index (κ1) is 13.8. The normalized spacial score (nSPS) is 12.1. The summed E-state index contributed by atoms with van der Waals surface area (Å²) < 4.78 is 47.1. The SMILES string of the molecule is O=S(=O)(Cl)c1cnc(C(F)F)c(I)c1I. The van der Waals surface area contributed by atoms with Crippen LogP contribution in [0.4, 0.5) is 8.78 Å². The molecule has 84 valence electrons. The van der Waals surface area contributed by atoms with Gasteiger partial charge in [-0.05, 0) is 45.2 Å². The van der Waals surface area contributed by atoms with Crippen molar-refractivity contribution in [2.75, 3.05) is 0 Å². The molecule has 0 saturated heterocycles. The van der Waals surface area contributed by atoms with Crippen LogP contribution in [0.15, 0.2) is 11.1 Å². The molecule has 9 heteroatoms. The minimum Gasteiger partial charge on any atom is -0.253 e. The van der Waals surface area contributed by atoms with Crippen LogP contribution in [-0.4, -0.2) is 13.4 Å². The second kappa shape index (κ2) is 4.92. The average Bonchev–Trinajstić information content (AvgIpc) is 2.06. The van der Waals surface area contributed by atoms with Gasteiger partial charge >= 0.3 is 0 Å². The third-order valence-corrected chi connectivity index (χ3v) is 6.37. The van der Waals surface area contributed by atoms with Gasteiger partial charge in [-0.1, -0.05) is 0 Å². The summed E-state index contributed by atoms with van der Waals surface area (Å²) >= 11 is 3.26. The van der Waals surface area contributed by atoms with E-state index in [1.807, 2.05) is 0 Å². The van der Waals surface area contributed by atoms with E-state index in [2.05, 4.69) is 4.98 Å². The monoisotopic (exact) mass is 479 g/mol. The Morgan fingerprint density at radius 3 is 2.27 bits per heavy atom. The first-order valence-electron chi connectivity index (χ1n) is 3.32. The van der Waals surface area contributed by atoms with Gasteiger partial charge < -0.3 is 0 Å². The van der Waals surface area contributed by atoms with E-state index >= 15 is 0 Å². The second-order valence-corrected chi connectivity index (χ2v) is 7.07. The second-order valence-electron chi connectivity index (χ2n) is 2.37. The van der Waals surface area contributed by atoms with Crippen LogP contribution < -0.4 is 0 Å². The van der Waals surface area contributed by atoms with Crippen molar-refractivity contribution in [1.29, 1.82) is 0 Å². The summed E-state index contributed by atoms with van der Waals surface area (Å²) in [5.41, 5.74) is -0.441. The number of halogens is 5. The number of alkyl halides is 2. The van der Waals surface area contributed by atoms with E-state index < -0.39 is 21.2 Å². The van der Waals surface area contributed by atoms with Gasteiger partial charge in [-0.25, -0.2) is 17.2 Å². The number of rotatable bonds is 2. The van der Waals surface area contributed by atoms with Crippen LogP contribution in [0.2, 0.25) is 0 Å². The molecule has 0 N–H and O–H groups in total. The van der Waals surface area contributed by atoms with Crippen molar-refractivity contribution >= 4 is 64.9 Å². The van der Waals surface area contributed by atoms with Crippen molar-refractivity contribution in [3.8, 4) is 0 Å². The molecule has 0 aliphatic heterocycles. The first-order chi connectivity index (χ1) is 6.75. The molecule has 0 saturated carbocycles. The summed E-state index contributed by atoms with van der Waals surface area (Å²) in [4.78, 5) is 3.13. The molecule has 0 aliphatic carbocycles. The minimum atomic E-state index is -3.95. The van der Waals surface area contributed by atoms with Crippen LogP contribution in [0.5, 0.6) is 0 Å². The molecule has 0 amide bonds. The molecular formula is C6H2ClF2I2NO2S. The molecule has 15 heavy (non-hydrogen) atoms. The summed E-state index contributed by atoms with van der Waals surface area (Å²) in [6.45, 7) is 0. The van der Waals surface area contributed by atoms with Crippen LogP contribution in [0.3, 0.4) is 0 Å². The molecule has 0 bridgehead atoms. The Morgan fingerprint density at radius 1 is 1.33 bits per heavy atom. The van der Waals surface area contributed by atoms with E-state index in [1.165, 1.54) is 0 Å². The van der Waals surface area contributed by atoms with Gasteiger partial charge in [0.15, 0.2) is 0 Å². The Morgan fingerprint density at radius 2 is 1.87 bits per heavy atom. The maximum absolute atomic E-state index is 12.4. The van der Waals surface area contributed by atoms with Crippen molar-refractivity contribution in [2.24, 2.45) is 0 Å². The molecule has 1 rings (SSSR count). The Kier molecular flexibility index (Phi) is 4.52. The molecule has 0 aromatic carbocycles. The van der Waals surface area contributed by atoms with Crippen LogP contribution >= 0.6 is 55.9 Å². The Labute approximate surface area is 116 Å². The lowest BCUT2D eigenvalue weighted by Gasteiger charge is -2.06. The fourth-order valence-electron chi connectivity index (χ4n) is 0.784. The lowest BCUT2D eigenvalue weighted by Crippen LogP contribution is -2.03. The number of pyridine rings is 1. The summed E-state index contributed by atoms with van der Waals surface area (Å²) in [5, 5.41) is 0. The number of aromatic nitrogens is 1. The number of hydrogen-bond donors (Lipinski definition) is 0. The molecule has 1 aromatic heterocycles. The van der Waals surface area contributed by atoms with E-state index in [0.717, 1.165) is 6.20 Å². The molecule has 0 unspecified atom stereocenters. The molecule has 0 aliphatic rings. The van der Waals surface area contributed by atoms with Crippen LogP contribution in [0, 0.1) is 7.14 Å². The summed E-state index contributed by atoms with van der Waals surface area (Å²) in [7, 11) is 1.16. The zero-order valence-corrected chi connectivity index (χ0v) is 12.6. The van der Waals surface area contributed by atoms with Gasteiger partial charge in [0.1, 0.15) is 10.6 Å². The maximum Gasteiger partial charge on any atom is 0.281 e. The maximum atomic E-state index is 12.4. The van der Waals surface area contributed by atoms with Gasteiger partial charge in [0.2, 0.25) is 0 Å². The topological polar surface area (TPSA) is 47.0 Å². The van der Waals surface area contributed by atoms with E-state index in [1.54, 1.807) is 45.2 Å². The van der Waals surface area contributed by atoms with E-state index in [4.69, 9.17) is 10.7 Å². The Bertz CT molecular complexity index is 494. The Balaban J connectivity index is 3.48. The zero-order chi connectivity index (χ0) is 11.8. The smallest absolute Gasteiger partial charge is 0.253 e. The largest absolute Gasteiger partial charge is 0.281 e. The van der Waals surface area contributed by atoms with E-state index in [-0.39, 0.29) is 12.0 Å². The highest BCUT2D eigenvalue weighted by atomic mass is 127. The lowest BCUT2D eigenvalue weighted by molar-refractivity contribution is 0.144. The van der Waals surface area contributed by atoms with Crippen LogP contribution in [0.1, 0.15) is 12.1 Å². The third-order valence-electron chi connectivity index (χ3n) is 1.42. The van der Waals surface area contributed by atoms with Gasteiger partial charge in [-0.3, -0.25) is 4.98 Å². The predicted molar refractivity (Wildman–Crippen MR) is 67.7 cm³/mol. The molecule has 0 radical (unpaired) electrons. The van der Waals surface area contributed by atoms with Gasteiger partial charge in [-0.2, -0.15) is 0 Å². The van der Waals surface area contributed by atoms with Crippen molar-refractivity contribution in [3.63, 3.8) is 0 Å². The third kappa shape index (κ3) is 3.09. The van der Waals surface area contributed by atoms with E-state index in [0.29, 0.717) is 0 Å². The van der Waals surface area contributed by atoms with Crippen molar-refractivity contribution in [3.05, 3.63) is 19.0 Å². The van der Waals surface area contributed by atoms with Crippen molar-refractivity contribution in [1.82, 2.24) is 4.98 Å². The fourth-order valence-corrected chi connectivity index (χ4v) is 4.15. The Hall–Kier alpha value is 0.710.